The molecule has 15 heavy (non-hydrogen) atoms. The molecule has 6 heteroatoms. The minimum Gasteiger partial charge on any atom is -0.479 e. The topological polar surface area (TPSA) is 90.7 Å². The summed E-state index contributed by atoms with van der Waals surface area (Å²) >= 11 is 0. The molecule has 0 fully saturated rings. The Kier molecular flexibility index (Phi) is 3.33. The van der Waals surface area contributed by atoms with Crippen LogP contribution in [0.3, 0.4) is 0 Å². The number of nitrogens with zero attached hydrogens (tertiary/aromatic N) is 1. The number of hydrogen-bond donors (Lipinski definition) is 3. The first-order valence-corrected chi connectivity index (χ1v) is 4.14. The molecular formula is C9H10FNO4. The monoisotopic (exact) mass is 215 g/mol. The van der Waals surface area contributed by atoms with Gasteiger partial charge in [0.2, 0.25) is 5.95 Å². The number of halogens is 1. The fourth-order valence-electron chi connectivity index (χ4n) is 1.09. The SMILES string of the molecule is Cc1cnc(F)c(C(O)C(O)C(=O)O)c1. The number of aliphatic hydroxyl groups excluding tert-OH is 2. The maximum absolute atomic E-state index is 13.1. The third-order valence-corrected chi connectivity index (χ3v) is 1.87. The zero-order valence-electron chi connectivity index (χ0n) is 7.88. The predicted octanol–water partition coefficient (Wildman–Crippen LogP) is 0.00802. The molecule has 1 aromatic rings. The lowest BCUT2D eigenvalue weighted by atomic mass is 10.0. The van der Waals surface area contributed by atoms with Gasteiger partial charge in [-0.15, -0.1) is 0 Å². The number of aryl methyl sites for hydroxylation is 1. The van der Waals surface area contributed by atoms with E-state index >= 15 is 0 Å². The van der Waals surface area contributed by atoms with Crippen molar-refractivity contribution in [2.24, 2.45) is 0 Å². The number of hydrogen-bond acceptors (Lipinski definition) is 4. The molecule has 2 atom stereocenters. The molecule has 0 radical (unpaired) electrons. The van der Waals surface area contributed by atoms with E-state index in [9.17, 15) is 14.3 Å². The molecule has 1 aromatic heterocycles. The van der Waals surface area contributed by atoms with Gasteiger partial charge in [0.15, 0.2) is 6.10 Å². The Morgan fingerprint density at radius 3 is 2.67 bits per heavy atom. The number of carboxylic acids is 1. The minimum atomic E-state index is -2.07. The molecule has 1 heterocycles. The quantitative estimate of drug-likeness (QED) is 0.618. The first-order chi connectivity index (χ1) is 6.93. The molecule has 1 rings (SSSR count). The van der Waals surface area contributed by atoms with Gasteiger partial charge in [0.25, 0.3) is 0 Å². The summed E-state index contributed by atoms with van der Waals surface area (Å²) in [6.07, 6.45) is -2.66. The second-order valence-corrected chi connectivity index (χ2v) is 3.12. The lowest BCUT2D eigenvalue weighted by Crippen LogP contribution is -2.28. The van der Waals surface area contributed by atoms with E-state index in [-0.39, 0.29) is 5.56 Å². The van der Waals surface area contributed by atoms with E-state index in [4.69, 9.17) is 10.2 Å². The normalized spacial score (nSPS) is 14.7. The van der Waals surface area contributed by atoms with E-state index in [1.807, 2.05) is 0 Å². The molecule has 0 aliphatic carbocycles. The summed E-state index contributed by atoms with van der Waals surface area (Å²) in [6, 6.07) is 1.24. The first kappa shape index (κ1) is 11.5. The van der Waals surface area contributed by atoms with Crippen LogP contribution in [0.2, 0.25) is 0 Å². The average Bonchev–Trinajstić information content (AvgIpc) is 2.19. The highest BCUT2D eigenvalue weighted by molar-refractivity contribution is 5.73. The maximum Gasteiger partial charge on any atom is 0.335 e. The summed E-state index contributed by atoms with van der Waals surface area (Å²) in [5, 5.41) is 26.8. The van der Waals surface area contributed by atoms with Gasteiger partial charge in [0.1, 0.15) is 6.10 Å². The predicted molar refractivity (Wildman–Crippen MR) is 47.5 cm³/mol. The summed E-state index contributed by atoms with van der Waals surface area (Å²) in [5.74, 6) is -2.61. The largest absolute Gasteiger partial charge is 0.479 e. The Morgan fingerprint density at radius 1 is 1.53 bits per heavy atom. The van der Waals surface area contributed by atoms with Gasteiger partial charge in [-0.3, -0.25) is 0 Å². The second-order valence-electron chi connectivity index (χ2n) is 3.12. The van der Waals surface area contributed by atoms with Crippen LogP contribution in [0.5, 0.6) is 0 Å². The van der Waals surface area contributed by atoms with Crippen molar-refractivity contribution in [3.63, 3.8) is 0 Å². The van der Waals surface area contributed by atoms with Crippen molar-refractivity contribution < 1.29 is 24.5 Å². The Morgan fingerprint density at radius 2 is 2.13 bits per heavy atom. The Bertz CT molecular complexity index is 382. The fourth-order valence-corrected chi connectivity index (χ4v) is 1.09. The lowest BCUT2D eigenvalue weighted by Gasteiger charge is -2.14. The van der Waals surface area contributed by atoms with Gasteiger partial charge in [-0.05, 0) is 18.6 Å². The molecule has 0 aliphatic rings. The van der Waals surface area contributed by atoms with Crippen molar-refractivity contribution in [3.05, 3.63) is 29.3 Å². The van der Waals surface area contributed by atoms with E-state index in [1.165, 1.54) is 12.3 Å². The first-order valence-electron chi connectivity index (χ1n) is 4.14. The van der Waals surface area contributed by atoms with E-state index in [1.54, 1.807) is 6.92 Å². The summed E-state index contributed by atoms with van der Waals surface area (Å²) in [7, 11) is 0. The molecule has 0 bridgehead atoms. The molecule has 82 valence electrons. The van der Waals surface area contributed by atoms with Crippen LogP contribution in [0.1, 0.15) is 17.2 Å². The van der Waals surface area contributed by atoms with Crippen LogP contribution in [-0.2, 0) is 4.79 Å². The molecule has 2 unspecified atom stereocenters. The Labute approximate surface area is 84.8 Å². The standard InChI is InChI=1S/C9H10FNO4/c1-4-2-5(8(10)11-3-4)6(12)7(13)9(14)15/h2-3,6-7,12-13H,1H3,(H,14,15). The third kappa shape index (κ3) is 2.48. The molecule has 0 aliphatic heterocycles. The number of aliphatic carboxylic acids is 1. The maximum atomic E-state index is 13.1. The average molecular weight is 215 g/mol. The van der Waals surface area contributed by atoms with Crippen LogP contribution in [0.15, 0.2) is 12.3 Å². The summed E-state index contributed by atoms with van der Waals surface area (Å²) < 4.78 is 13.1. The summed E-state index contributed by atoms with van der Waals surface area (Å²) in [6.45, 7) is 1.61. The van der Waals surface area contributed by atoms with Gasteiger partial charge in [-0.1, -0.05) is 0 Å². The highest BCUT2D eigenvalue weighted by Crippen LogP contribution is 2.20. The van der Waals surface area contributed by atoms with Crippen molar-refractivity contribution in [2.45, 2.75) is 19.1 Å². The highest BCUT2D eigenvalue weighted by atomic mass is 19.1. The number of pyridine rings is 1. The van der Waals surface area contributed by atoms with Crippen molar-refractivity contribution in [3.8, 4) is 0 Å². The van der Waals surface area contributed by atoms with E-state index in [0.717, 1.165) is 0 Å². The van der Waals surface area contributed by atoms with E-state index in [2.05, 4.69) is 4.98 Å². The second kappa shape index (κ2) is 4.33. The zero-order valence-corrected chi connectivity index (χ0v) is 7.88. The summed E-state index contributed by atoms with van der Waals surface area (Å²) in [4.78, 5) is 13.7. The van der Waals surface area contributed by atoms with Crippen LogP contribution < -0.4 is 0 Å². The van der Waals surface area contributed by atoms with Crippen LogP contribution in [0, 0.1) is 12.9 Å². The van der Waals surface area contributed by atoms with Gasteiger partial charge >= 0.3 is 5.97 Å². The van der Waals surface area contributed by atoms with Crippen molar-refractivity contribution in [1.82, 2.24) is 4.98 Å². The zero-order chi connectivity index (χ0) is 11.6. The van der Waals surface area contributed by atoms with Gasteiger partial charge in [0, 0.05) is 11.8 Å². The number of carbonyl (C=O) groups is 1. The molecule has 0 spiro atoms. The fraction of sp³-hybridized carbons (Fsp3) is 0.333. The van der Waals surface area contributed by atoms with Gasteiger partial charge in [-0.2, -0.15) is 4.39 Å². The Hall–Kier alpha value is -1.53. The number of carboxylic acid groups (broad SMARTS) is 1. The van der Waals surface area contributed by atoms with Crippen molar-refractivity contribution in [1.29, 1.82) is 0 Å². The van der Waals surface area contributed by atoms with Crippen LogP contribution >= 0.6 is 0 Å². The van der Waals surface area contributed by atoms with Crippen molar-refractivity contribution in [2.75, 3.05) is 0 Å². The number of aliphatic hydroxyl groups is 2. The van der Waals surface area contributed by atoms with Crippen molar-refractivity contribution >= 4 is 5.97 Å². The third-order valence-electron chi connectivity index (χ3n) is 1.87. The minimum absolute atomic E-state index is 0.329. The molecule has 0 saturated heterocycles. The Balaban J connectivity index is 3.04. The van der Waals surface area contributed by atoms with Gasteiger partial charge < -0.3 is 15.3 Å². The van der Waals surface area contributed by atoms with E-state index in [0.29, 0.717) is 5.56 Å². The molecule has 5 nitrogen and oxygen atoms in total. The molecular weight excluding hydrogens is 205 g/mol. The highest BCUT2D eigenvalue weighted by Gasteiger charge is 2.27. The van der Waals surface area contributed by atoms with Crippen LogP contribution in [0.25, 0.3) is 0 Å². The molecule has 0 saturated carbocycles. The molecule has 0 amide bonds. The smallest absolute Gasteiger partial charge is 0.335 e. The van der Waals surface area contributed by atoms with Crippen LogP contribution in [-0.4, -0.2) is 32.4 Å². The van der Waals surface area contributed by atoms with Gasteiger partial charge in [0.05, 0.1) is 0 Å². The summed E-state index contributed by atoms with van der Waals surface area (Å²) in [5.41, 5.74) is 0.230. The molecule has 0 aromatic carbocycles. The number of aromatic nitrogens is 1. The lowest BCUT2D eigenvalue weighted by molar-refractivity contribution is -0.153. The van der Waals surface area contributed by atoms with E-state index < -0.39 is 24.1 Å². The van der Waals surface area contributed by atoms with Gasteiger partial charge in [-0.25, -0.2) is 9.78 Å². The molecule has 3 N–H and O–H groups in total. The van der Waals surface area contributed by atoms with Crippen LogP contribution in [0.4, 0.5) is 4.39 Å². The number of rotatable bonds is 3.